The highest BCUT2D eigenvalue weighted by Crippen LogP contribution is 2.15. The van der Waals surface area contributed by atoms with Crippen LogP contribution in [0.2, 0.25) is 0 Å². The Morgan fingerprint density at radius 2 is 2.00 bits per heavy atom. The molecule has 2 N–H and O–H groups in total. The lowest BCUT2D eigenvalue weighted by Crippen LogP contribution is -2.30. The van der Waals surface area contributed by atoms with Gasteiger partial charge in [-0.15, -0.1) is 0 Å². The smallest absolute Gasteiger partial charge is 0.251 e. The number of hydrogen-bond donors (Lipinski definition) is 2. The minimum absolute atomic E-state index is 0.0193. The molecule has 20 heavy (non-hydrogen) atoms. The Morgan fingerprint density at radius 1 is 1.30 bits per heavy atom. The number of carbonyl (C=O) groups is 1. The number of nitrogens with one attached hydrogen (secondary N) is 1. The summed E-state index contributed by atoms with van der Waals surface area (Å²) in [4.78, 5) is 12.2. The first kappa shape index (κ1) is 16.7. The zero-order valence-electron chi connectivity index (χ0n) is 13.1. The third kappa shape index (κ3) is 5.33. The number of aliphatic hydroxyl groups is 1. The van der Waals surface area contributed by atoms with E-state index in [1.165, 1.54) is 0 Å². The standard InChI is InChI=1S/C17H27NO2/c1-12(2)9-15(7-8-19)11-18-17(20)16-6-5-13(3)10-14(16)4/h5-6,10,12,15,19H,7-9,11H2,1-4H3,(H,18,20). The van der Waals surface area contributed by atoms with E-state index in [-0.39, 0.29) is 12.5 Å². The summed E-state index contributed by atoms with van der Waals surface area (Å²) in [6, 6.07) is 5.86. The highest BCUT2D eigenvalue weighted by Gasteiger charge is 2.14. The number of aliphatic hydroxyl groups excluding tert-OH is 1. The molecule has 1 atom stereocenters. The van der Waals surface area contributed by atoms with Crippen molar-refractivity contribution >= 4 is 5.91 Å². The summed E-state index contributed by atoms with van der Waals surface area (Å²) in [5, 5.41) is 12.1. The van der Waals surface area contributed by atoms with E-state index in [2.05, 4.69) is 19.2 Å². The molecule has 0 aromatic heterocycles. The predicted octanol–water partition coefficient (Wildman–Crippen LogP) is 3.08. The number of aryl methyl sites for hydroxylation is 2. The molecule has 0 saturated carbocycles. The first-order chi connectivity index (χ1) is 9.43. The molecule has 1 unspecified atom stereocenters. The minimum atomic E-state index is -0.0193. The van der Waals surface area contributed by atoms with Gasteiger partial charge in [0, 0.05) is 18.7 Å². The van der Waals surface area contributed by atoms with Gasteiger partial charge in [0.1, 0.15) is 0 Å². The topological polar surface area (TPSA) is 49.3 Å². The monoisotopic (exact) mass is 277 g/mol. The summed E-state index contributed by atoms with van der Waals surface area (Å²) in [7, 11) is 0. The maximum atomic E-state index is 12.2. The average molecular weight is 277 g/mol. The molecular weight excluding hydrogens is 250 g/mol. The van der Waals surface area contributed by atoms with E-state index < -0.39 is 0 Å². The molecule has 112 valence electrons. The van der Waals surface area contributed by atoms with Crippen molar-refractivity contribution in [2.75, 3.05) is 13.2 Å². The van der Waals surface area contributed by atoms with Crippen LogP contribution in [0.3, 0.4) is 0 Å². The molecular formula is C17H27NO2. The van der Waals surface area contributed by atoms with Crippen LogP contribution in [0.15, 0.2) is 18.2 Å². The van der Waals surface area contributed by atoms with E-state index in [9.17, 15) is 4.79 Å². The first-order valence-electron chi connectivity index (χ1n) is 7.40. The van der Waals surface area contributed by atoms with Crippen molar-refractivity contribution < 1.29 is 9.90 Å². The molecule has 0 spiro atoms. The fourth-order valence-corrected chi connectivity index (χ4v) is 2.55. The van der Waals surface area contributed by atoms with Crippen molar-refractivity contribution in [3.8, 4) is 0 Å². The zero-order valence-corrected chi connectivity index (χ0v) is 13.1. The van der Waals surface area contributed by atoms with E-state index >= 15 is 0 Å². The maximum Gasteiger partial charge on any atom is 0.251 e. The van der Waals surface area contributed by atoms with Crippen molar-refractivity contribution in [2.45, 2.75) is 40.5 Å². The first-order valence-corrected chi connectivity index (χ1v) is 7.40. The molecule has 0 saturated heterocycles. The number of benzene rings is 1. The number of rotatable bonds is 7. The van der Waals surface area contributed by atoms with E-state index in [1.807, 2.05) is 32.0 Å². The lowest BCUT2D eigenvalue weighted by atomic mass is 9.94. The Morgan fingerprint density at radius 3 is 2.55 bits per heavy atom. The van der Waals surface area contributed by atoms with Gasteiger partial charge in [-0.05, 0) is 50.2 Å². The molecule has 0 aliphatic heterocycles. The van der Waals surface area contributed by atoms with Crippen LogP contribution in [-0.2, 0) is 0 Å². The van der Waals surface area contributed by atoms with Crippen molar-refractivity contribution in [2.24, 2.45) is 11.8 Å². The van der Waals surface area contributed by atoms with Gasteiger partial charge in [0.05, 0.1) is 0 Å². The molecule has 3 nitrogen and oxygen atoms in total. The van der Waals surface area contributed by atoms with E-state index in [0.717, 1.165) is 29.5 Å². The van der Waals surface area contributed by atoms with Gasteiger partial charge in [-0.3, -0.25) is 4.79 Å². The molecule has 1 rings (SSSR count). The lowest BCUT2D eigenvalue weighted by molar-refractivity contribution is 0.0940. The normalized spacial score (nSPS) is 12.5. The fraction of sp³-hybridized carbons (Fsp3) is 0.588. The minimum Gasteiger partial charge on any atom is -0.396 e. The second kappa shape index (κ2) is 8.05. The Kier molecular flexibility index (Phi) is 6.73. The molecule has 0 heterocycles. The maximum absolute atomic E-state index is 12.2. The Bertz CT molecular complexity index is 441. The van der Waals surface area contributed by atoms with Crippen LogP contribution in [0.4, 0.5) is 0 Å². The summed E-state index contributed by atoms with van der Waals surface area (Å²) in [6.45, 7) is 9.12. The van der Waals surface area contributed by atoms with Crippen LogP contribution in [0, 0.1) is 25.7 Å². The van der Waals surface area contributed by atoms with Gasteiger partial charge in [-0.2, -0.15) is 0 Å². The van der Waals surface area contributed by atoms with Crippen LogP contribution >= 0.6 is 0 Å². The highest BCUT2D eigenvalue weighted by atomic mass is 16.3. The van der Waals surface area contributed by atoms with E-state index in [0.29, 0.717) is 18.4 Å². The predicted molar refractivity (Wildman–Crippen MR) is 82.9 cm³/mol. The zero-order chi connectivity index (χ0) is 15.1. The van der Waals surface area contributed by atoms with Gasteiger partial charge < -0.3 is 10.4 Å². The third-order valence-electron chi connectivity index (χ3n) is 3.52. The lowest BCUT2D eigenvalue weighted by Gasteiger charge is -2.19. The quantitative estimate of drug-likeness (QED) is 0.804. The van der Waals surface area contributed by atoms with Gasteiger partial charge in [0.25, 0.3) is 5.91 Å². The van der Waals surface area contributed by atoms with Crippen molar-refractivity contribution in [1.82, 2.24) is 5.32 Å². The second-order valence-electron chi connectivity index (χ2n) is 6.04. The molecule has 0 aliphatic rings. The van der Waals surface area contributed by atoms with Crippen molar-refractivity contribution in [3.63, 3.8) is 0 Å². The van der Waals surface area contributed by atoms with Crippen molar-refractivity contribution in [3.05, 3.63) is 34.9 Å². The van der Waals surface area contributed by atoms with E-state index in [1.54, 1.807) is 0 Å². The number of carbonyl (C=O) groups excluding carboxylic acids is 1. The second-order valence-corrected chi connectivity index (χ2v) is 6.04. The Hall–Kier alpha value is -1.35. The molecule has 3 heteroatoms. The van der Waals surface area contributed by atoms with Gasteiger partial charge in [-0.1, -0.05) is 31.5 Å². The summed E-state index contributed by atoms with van der Waals surface area (Å²) in [5.41, 5.74) is 2.91. The number of amides is 1. The number of hydrogen-bond acceptors (Lipinski definition) is 2. The largest absolute Gasteiger partial charge is 0.396 e. The summed E-state index contributed by atoms with van der Waals surface area (Å²) >= 11 is 0. The van der Waals surface area contributed by atoms with Gasteiger partial charge in [0.2, 0.25) is 0 Å². The molecule has 0 aliphatic carbocycles. The molecule has 0 radical (unpaired) electrons. The molecule has 0 fully saturated rings. The van der Waals surface area contributed by atoms with Crippen LogP contribution in [0.1, 0.15) is 48.2 Å². The van der Waals surface area contributed by atoms with Crippen LogP contribution in [0.25, 0.3) is 0 Å². The third-order valence-corrected chi connectivity index (χ3v) is 3.52. The summed E-state index contributed by atoms with van der Waals surface area (Å²) < 4.78 is 0. The van der Waals surface area contributed by atoms with Crippen LogP contribution in [-0.4, -0.2) is 24.2 Å². The molecule has 1 aromatic carbocycles. The fourth-order valence-electron chi connectivity index (χ4n) is 2.55. The SMILES string of the molecule is Cc1ccc(C(=O)NCC(CCO)CC(C)C)c(C)c1. The molecule has 0 bridgehead atoms. The van der Waals surface area contributed by atoms with Gasteiger partial charge in [0.15, 0.2) is 0 Å². The Labute approximate surface area is 122 Å². The van der Waals surface area contributed by atoms with Gasteiger partial charge >= 0.3 is 0 Å². The van der Waals surface area contributed by atoms with Crippen molar-refractivity contribution in [1.29, 1.82) is 0 Å². The molecule has 1 amide bonds. The summed E-state index contributed by atoms with van der Waals surface area (Å²) in [6.07, 6.45) is 1.76. The highest BCUT2D eigenvalue weighted by molar-refractivity contribution is 5.95. The average Bonchev–Trinajstić information content (AvgIpc) is 2.35. The Balaban J connectivity index is 2.60. The van der Waals surface area contributed by atoms with Crippen LogP contribution in [0.5, 0.6) is 0 Å². The van der Waals surface area contributed by atoms with E-state index in [4.69, 9.17) is 5.11 Å². The molecule has 1 aromatic rings. The van der Waals surface area contributed by atoms with Gasteiger partial charge in [-0.25, -0.2) is 0 Å². The summed E-state index contributed by atoms with van der Waals surface area (Å²) in [5.74, 6) is 0.897. The van der Waals surface area contributed by atoms with Crippen LogP contribution < -0.4 is 5.32 Å².